The lowest BCUT2D eigenvalue weighted by Gasteiger charge is -2.38. The summed E-state index contributed by atoms with van der Waals surface area (Å²) in [5.41, 5.74) is 2.40. The average Bonchev–Trinajstić information content (AvgIpc) is 2.52. The predicted molar refractivity (Wildman–Crippen MR) is 69.3 cm³/mol. The van der Waals surface area contributed by atoms with E-state index in [1.165, 1.54) is 5.56 Å². The van der Waals surface area contributed by atoms with Crippen molar-refractivity contribution < 1.29 is 5.11 Å². The van der Waals surface area contributed by atoms with Crippen LogP contribution in [0.5, 0.6) is 0 Å². The van der Waals surface area contributed by atoms with E-state index in [-0.39, 0.29) is 17.9 Å². The van der Waals surface area contributed by atoms with E-state index < -0.39 is 0 Å². The van der Waals surface area contributed by atoms with Gasteiger partial charge >= 0.3 is 0 Å². The van der Waals surface area contributed by atoms with Gasteiger partial charge in [-0.25, -0.2) is 0 Å². The molecule has 0 unspecified atom stereocenters. The number of rotatable bonds is 1. The molecule has 0 saturated heterocycles. The number of nitrogens with one attached hydrogen (secondary N) is 1. The number of hydrogen-bond donors (Lipinski definition) is 2. The van der Waals surface area contributed by atoms with Crippen molar-refractivity contribution in [2.24, 2.45) is 12.5 Å². The monoisotopic (exact) mass is 237 g/mol. The lowest BCUT2D eigenvalue weighted by molar-refractivity contribution is 0.224. The first-order chi connectivity index (χ1) is 7.84. The highest BCUT2D eigenvalue weighted by Crippen LogP contribution is 2.40. The first-order valence-corrected chi connectivity index (χ1v) is 6.25. The SMILES string of the molecule is Cc1nn(C)c2c1[C@H](CO)C[C@H](C(C)(C)C)N2. The van der Waals surface area contributed by atoms with Gasteiger partial charge in [0.2, 0.25) is 0 Å². The van der Waals surface area contributed by atoms with Crippen LogP contribution >= 0.6 is 0 Å². The molecule has 0 aliphatic carbocycles. The summed E-state index contributed by atoms with van der Waals surface area (Å²) in [6.07, 6.45) is 0.972. The summed E-state index contributed by atoms with van der Waals surface area (Å²) in [4.78, 5) is 0. The topological polar surface area (TPSA) is 50.1 Å². The van der Waals surface area contributed by atoms with E-state index in [0.717, 1.165) is 17.9 Å². The Kier molecular flexibility index (Phi) is 2.94. The Morgan fingerprint density at radius 3 is 2.65 bits per heavy atom. The molecule has 0 amide bonds. The quantitative estimate of drug-likeness (QED) is 0.786. The molecule has 2 N–H and O–H groups in total. The van der Waals surface area contributed by atoms with Crippen LogP contribution in [-0.4, -0.2) is 27.5 Å². The number of hydrogen-bond acceptors (Lipinski definition) is 3. The van der Waals surface area contributed by atoms with E-state index in [1.807, 2.05) is 18.7 Å². The van der Waals surface area contributed by atoms with Crippen molar-refractivity contribution in [3.63, 3.8) is 0 Å². The van der Waals surface area contributed by atoms with Crippen molar-refractivity contribution in [2.75, 3.05) is 11.9 Å². The van der Waals surface area contributed by atoms with Crippen LogP contribution in [0.2, 0.25) is 0 Å². The summed E-state index contributed by atoms with van der Waals surface area (Å²) >= 11 is 0. The average molecular weight is 237 g/mol. The maximum absolute atomic E-state index is 9.59. The van der Waals surface area contributed by atoms with E-state index in [0.29, 0.717) is 6.04 Å². The molecule has 0 bridgehead atoms. The molecule has 96 valence electrons. The zero-order chi connectivity index (χ0) is 12.8. The summed E-state index contributed by atoms with van der Waals surface area (Å²) in [5.74, 6) is 1.29. The molecule has 0 fully saturated rings. The Labute approximate surface area is 103 Å². The Morgan fingerprint density at radius 2 is 2.12 bits per heavy atom. The van der Waals surface area contributed by atoms with Gasteiger partial charge in [-0.1, -0.05) is 20.8 Å². The minimum atomic E-state index is 0.184. The molecular formula is C13H23N3O. The number of fused-ring (bicyclic) bond motifs is 1. The van der Waals surface area contributed by atoms with E-state index in [4.69, 9.17) is 0 Å². The van der Waals surface area contributed by atoms with Crippen molar-refractivity contribution in [2.45, 2.75) is 46.1 Å². The Bertz CT molecular complexity index is 417. The van der Waals surface area contributed by atoms with Gasteiger partial charge in [0.15, 0.2) is 0 Å². The van der Waals surface area contributed by atoms with Crippen LogP contribution in [0, 0.1) is 12.3 Å². The van der Waals surface area contributed by atoms with Crippen molar-refractivity contribution in [3.8, 4) is 0 Å². The van der Waals surface area contributed by atoms with Crippen molar-refractivity contribution in [1.82, 2.24) is 9.78 Å². The molecular weight excluding hydrogens is 214 g/mol. The fraction of sp³-hybridized carbons (Fsp3) is 0.769. The molecule has 1 aliphatic heterocycles. The minimum absolute atomic E-state index is 0.184. The maximum atomic E-state index is 9.59. The van der Waals surface area contributed by atoms with Crippen LogP contribution in [0.25, 0.3) is 0 Å². The Morgan fingerprint density at radius 1 is 1.47 bits per heavy atom. The molecule has 1 aromatic heterocycles. The van der Waals surface area contributed by atoms with E-state index in [1.54, 1.807) is 0 Å². The third-order valence-electron chi connectivity index (χ3n) is 3.77. The highest BCUT2D eigenvalue weighted by Gasteiger charge is 2.36. The lowest BCUT2D eigenvalue weighted by Crippen LogP contribution is -2.39. The van der Waals surface area contributed by atoms with Crippen molar-refractivity contribution in [3.05, 3.63) is 11.3 Å². The predicted octanol–water partition coefficient (Wildman–Crippen LogP) is 2.03. The summed E-state index contributed by atoms with van der Waals surface area (Å²) < 4.78 is 1.89. The van der Waals surface area contributed by atoms with Gasteiger partial charge in [0.1, 0.15) is 5.82 Å². The summed E-state index contributed by atoms with van der Waals surface area (Å²) in [7, 11) is 1.96. The summed E-state index contributed by atoms with van der Waals surface area (Å²) in [5, 5.41) is 17.6. The second kappa shape index (κ2) is 4.02. The van der Waals surface area contributed by atoms with Gasteiger partial charge in [0.25, 0.3) is 0 Å². The van der Waals surface area contributed by atoms with Gasteiger partial charge in [0, 0.05) is 24.6 Å². The number of anilines is 1. The van der Waals surface area contributed by atoms with E-state index >= 15 is 0 Å². The second-order valence-corrected chi connectivity index (χ2v) is 6.15. The number of aliphatic hydroxyl groups excluding tert-OH is 1. The van der Waals surface area contributed by atoms with E-state index in [9.17, 15) is 5.11 Å². The van der Waals surface area contributed by atoms with Crippen molar-refractivity contribution in [1.29, 1.82) is 0 Å². The second-order valence-electron chi connectivity index (χ2n) is 6.15. The lowest BCUT2D eigenvalue weighted by atomic mass is 9.77. The van der Waals surface area contributed by atoms with Gasteiger partial charge in [0.05, 0.1) is 12.3 Å². The molecule has 0 radical (unpaired) electrons. The third kappa shape index (κ3) is 2.06. The minimum Gasteiger partial charge on any atom is -0.396 e. The molecule has 4 nitrogen and oxygen atoms in total. The maximum Gasteiger partial charge on any atom is 0.128 e. The molecule has 4 heteroatoms. The first-order valence-electron chi connectivity index (χ1n) is 6.25. The van der Waals surface area contributed by atoms with Crippen LogP contribution in [0.3, 0.4) is 0 Å². The largest absolute Gasteiger partial charge is 0.396 e. The molecule has 0 aromatic carbocycles. The van der Waals surface area contributed by atoms with Crippen LogP contribution < -0.4 is 5.32 Å². The zero-order valence-corrected chi connectivity index (χ0v) is 11.4. The van der Waals surface area contributed by atoms with Gasteiger partial charge in [-0.05, 0) is 18.8 Å². The third-order valence-corrected chi connectivity index (χ3v) is 3.77. The number of aryl methyl sites for hydroxylation is 2. The molecule has 1 aromatic rings. The number of nitrogens with zero attached hydrogens (tertiary/aromatic N) is 2. The molecule has 2 rings (SSSR count). The fourth-order valence-electron chi connectivity index (χ4n) is 2.70. The zero-order valence-electron chi connectivity index (χ0n) is 11.4. The van der Waals surface area contributed by atoms with Crippen molar-refractivity contribution >= 4 is 5.82 Å². The standard InChI is InChI=1S/C13H23N3O/c1-8-11-9(7-17)6-10(13(2,3)4)14-12(11)16(5)15-8/h9-10,14,17H,6-7H2,1-5H3/t9-,10+/m0/s1. The Balaban J connectivity index is 2.42. The molecule has 0 saturated carbocycles. The smallest absolute Gasteiger partial charge is 0.128 e. The summed E-state index contributed by atoms with van der Waals surface area (Å²) in [6, 6.07) is 0.377. The van der Waals surface area contributed by atoms with Crippen LogP contribution in [0.15, 0.2) is 0 Å². The number of aliphatic hydroxyl groups is 1. The highest BCUT2D eigenvalue weighted by atomic mass is 16.3. The highest BCUT2D eigenvalue weighted by molar-refractivity contribution is 5.53. The summed E-state index contributed by atoms with van der Waals surface area (Å²) in [6.45, 7) is 8.91. The van der Waals surface area contributed by atoms with Crippen LogP contribution in [-0.2, 0) is 7.05 Å². The normalized spacial score (nSPS) is 24.4. The first kappa shape index (κ1) is 12.4. The molecule has 2 heterocycles. The van der Waals surface area contributed by atoms with Crippen LogP contribution in [0.1, 0.15) is 44.4 Å². The van der Waals surface area contributed by atoms with Gasteiger partial charge in [-0.15, -0.1) is 0 Å². The molecule has 17 heavy (non-hydrogen) atoms. The van der Waals surface area contributed by atoms with E-state index in [2.05, 4.69) is 31.2 Å². The van der Waals surface area contributed by atoms with Gasteiger partial charge in [-0.3, -0.25) is 4.68 Å². The molecule has 0 spiro atoms. The fourth-order valence-corrected chi connectivity index (χ4v) is 2.70. The molecule has 2 atom stereocenters. The van der Waals surface area contributed by atoms with Gasteiger partial charge < -0.3 is 10.4 Å². The van der Waals surface area contributed by atoms with Crippen LogP contribution in [0.4, 0.5) is 5.82 Å². The Hall–Kier alpha value is -1.03. The van der Waals surface area contributed by atoms with Gasteiger partial charge in [-0.2, -0.15) is 5.10 Å². The molecule has 1 aliphatic rings. The number of aromatic nitrogens is 2.